The molecule has 0 aliphatic heterocycles. The van der Waals surface area contributed by atoms with E-state index in [1.807, 2.05) is 14.0 Å². The Morgan fingerprint density at radius 3 is 2.63 bits per heavy atom. The molecule has 1 N–H and O–H groups in total. The minimum absolute atomic E-state index is 0.132. The number of likely N-dealkylation sites (N-methyl/N-ethyl adjacent to an activating group) is 1. The fraction of sp³-hybridized carbons (Fsp3) is 0.600. The van der Waals surface area contributed by atoms with E-state index in [0.717, 1.165) is 25.7 Å². The van der Waals surface area contributed by atoms with Crippen molar-refractivity contribution in [2.24, 2.45) is 0 Å². The van der Waals surface area contributed by atoms with E-state index in [-0.39, 0.29) is 17.5 Å². The Hall–Kier alpha value is -0.640. The van der Waals surface area contributed by atoms with Crippen LogP contribution in [0.25, 0.3) is 0 Å². The van der Waals surface area contributed by atoms with E-state index in [2.05, 4.69) is 5.32 Å². The van der Waals surface area contributed by atoms with Crippen LogP contribution in [-0.2, 0) is 4.74 Å². The van der Waals surface area contributed by atoms with Gasteiger partial charge in [-0.3, -0.25) is 0 Å². The summed E-state index contributed by atoms with van der Waals surface area (Å²) in [6.45, 7) is 2.64. The zero-order valence-electron chi connectivity index (χ0n) is 11.5. The molecule has 0 radical (unpaired) electrons. The second-order valence-electron chi connectivity index (χ2n) is 5.09. The summed E-state index contributed by atoms with van der Waals surface area (Å²) in [5, 5.41) is 3.66. The molecule has 1 aliphatic carbocycles. The van der Waals surface area contributed by atoms with Crippen LogP contribution in [0.5, 0.6) is 0 Å². The average molecular weight is 286 g/mol. The maximum Gasteiger partial charge on any atom is 0.129 e. The second-order valence-corrected chi connectivity index (χ2v) is 5.53. The Morgan fingerprint density at radius 1 is 1.42 bits per heavy atom. The molecule has 1 fully saturated rings. The summed E-state index contributed by atoms with van der Waals surface area (Å²) in [6.07, 6.45) is 4.20. The first-order valence-corrected chi connectivity index (χ1v) is 7.27. The Bertz CT molecular complexity index is 432. The van der Waals surface area contributed by atoms with Crippen LogP contribution < -0.4 is 5.32 Å². The van der Waals surface area contributed by atoms with Crippen LogP contribution in [0.3, 0.4) is 0 Å². The van der Waals surface area contributed by atoms with Crippen molar-refractivity contribution >= 4 is 11.6 Å². The van der Waals surface area contributed by atoms with Crippen molar-refractivity contribution in [3.63, 3.8) is 0 Å². The van der Waals surface area contributed by atoms with E-state index in [1.165, 1.54) is 6.07 Å². The quantitative estimate of drug-likeness (QED) is 0.880. The molecule has 19 heavy (non-hydrogen) atoms. The monoisotopic (exact) mass is 285 g/mol. The Labute approximate surface area is 119 Å². The van der Waals surface area contributed by atoms with E-state index in [9.17, 15) is 4.39 Å². The van der Waals surface area contributed by atoms with E-state index in [1.54, 1.807) is 12.1 Å². The molecule has 0 saturated heterocycles. The van der Waals surface area contributed by atoms with Gasteiger partial charge in [0.1, 0.15) is 5.82 Å². The normalized spacial score (nSPS) is 19.6. The molecule has 0 aromatic heterocycles. The molecule has 4 heteroatoms. The van der Waals surface area contributed by atoms with Crippen molar-refractivity contribution in [3.05, 3.63) is 34.6 Å². The summed E-state index contributed by atoms with van der Waals surface area (Å²) in [5.41, 5.74) is 0.347. The first-order chi connectivity index (χ1) is 9.13. The third-order valence-corrected chi connectivity index (χ3v) is 4.21. The summed E-state index contributed by atoms with van der Waals surface area (Å²) >= 11 is 5.83. The molecule has 0 heterocycles. The van der Waals surface area contributed by atoms with Gasteiger partial charge in [0.05, 0.1) is 11.6 Å². The van der Waals surface area contributed by atoms with Crippen LogP contribution >= 0.6 is 11.6 Å². The first kappa shape index (κ1) is 14.8. The lowest BCUT2D eigenvalue weighted by atomic mass is 9.86. The summed E-state index contributed by atoms with van der Waals surface area (Å²) in [4.78, 5) is 0. The van der Waals surface area contributed by atoms with Crippen molar-refractivity contribution in [2.45, 2.75) is 44.2 Å². The lowest BCUT2D eigenvalue weighted by Gasteiger charge is -2.37. The lowest BCUT2D eigenvalue weighted by molar-refractivity contribution is -0.0617. The van der Waals surface area contributed by atoms with Gasteiger partial charge in [-0.25, -0.2) is 4.39 Å². The van der Waals surface area contributed by atoms with Crippen molar-refractivity contribution in [3.8, 4) is 0 Å². The summed E-state index contributed by atoms with van der Waals surface area (Å²) in [7, 11) is 1.86. The van der Waals surface area contributed by atoms with Crippen LogP contribution in [0.4, 0.5) is 4.39 Å². The van der Waals surface area contributed by atoms with E-state index in [4.69, 9.17) is 16.3 Å². The van der Waals surface area contributed by atoms with Crippen LogP contribution in [0.2, 0.25) is 5.02 Å². The first-order valence-electron chi connectivity index (χ1n) is 6.89. The van der Waals surface area contributed by atoms with Gasteiger partial charge in [-0.2, -0.15) is 0 Å². The minimum Gasteiger partial charge on any atom is -0.373 e. The van der Waals surface area contributed by atoms with Crippen LogP contribution in [0.1, 0.15) is 44.2 Å². The zero-order valence-corrected chi connectivity index (χ0v) is 12.3. The summed E-state index contributed by atoms with van der Waals surface area (Å²) in [5.74, 6) is -0.266. The number of hydrogen-bond acceptors (Lipinski definition) is 2. The molecule has 0 spiro atoms. The molecule has 1 aromatic carbocycles. The minimum atomic E-state index is -0.293. The highest BCUT2D eigenvalue weighted by Gasteiger charge is 2.43. The molecule has 1 aliphatic rings. The summed E-state index contributed by atoms with van der Waals surface area (Å²) in [6, 6.07) is 4.74. The molecular weight excluding hydrogens is 265 g/mol. The fourth-order valence-electron chi connectivity index (χ4n) is 3.21. The zero-order chi connectivity index (χ0) is 13.9. The van der Waals surface area contributed by atoms with Crippen LogP contribution in [0.15, 0.2) is 18.2 Å². The number of nitrogens with one attached hydrogen (secondary N) is 1. The van der Waals surface area contributed by atoms with Crippen LogP contribution in [-0.4, -0.2) is 19.3 Å². The third-order valence-electron chi connectivity index (χ3n) is 3.97. The molecule has 1 saturated carbocycles. The predicted octanol–water partition coefficient (Wildman–Crippen LogP) is 4.09. The summed E-state index contributed by atoms with van der Waals surface area (Å²) < 4.78 is 20.2. The Kier molecular flexibility index (Phi) is 4.82. The highest BCUT2D eigenvalue weighted by Crippen LogP contribution is 2.43. The Balaban J connectivity index is 2.36. The predicted molar refractivity (Wildman–Crippen MR) is 76.0 cm³/mol. The van der Waals surface area contributed by atoms with E-state index in [0.29, 0.717) is 17.2 Å². The van der Waals surface area contributed by atoms with Gasteiger partial charge in [-0.1, -0.05) is 30.5 Å². The SMILES string of the molecule is CCOC1(C(NC)c2ccc(Cl)cc2F)CCCC1. The number of rotatable bonds is 5. The van der Waals surface area contributed by atoms with Gasteiger partial charge in [-0.15, -0.1) is 0 Å². The van der Waals surface area contributed by atoms with Gasteiger partial charge in [-0.05, 0) is 38.9 Å². The fourth-order valence-corrected chi connectivity index (χ4v) is 3.37. The number of benzene rings is 1. The maximum absolute atomic E-state index is 14.2. The average Bonchev–Trinajstić information content (AvgIpc) is 2.83. The highest BCUT2D eigenvalue weighted by atomic mass is 35.5. The molecule has 0 amide bonds. The van der Waals surface area contributed by atoms with Gasteiger partial charge in [0, 0.05) is 17.2 Å². The number of halogens is 2. The van der Waals surface area contributed by atoms with Crippen molar-refractivity contribution in [1.29, 1.82) is 0 Å². The smallest absolute Gasteiger partial charge is 0.129 e. The molecule has 2 rings (SSSR count). The van der Waals surface area contributed by atoms with Gasteiger partial charge >= 0.3 is 0 Å². The van der Waals surface area contributed by atoms with E-state index < -0.39 is 0 Å². The molecular formula is C15H21ClFNO. The van der Waals surface area contributed by atoms with Gasteiger partial charge in [0.25, 0.3) is 0 Å². The molecule has 1 aromatic rings. The van der Waals surface area contributed by atoms with Crippen molar-refractivity contribution in [2.75, 3.05) is 13.7 Å². The van der Waals surface area contributed by atoms with E-state index >= 15 is 0 Å². The molecule has 106 valence electrons. The van der Waals surface area contributed by atoms with Crippen molar-refractivity contribution < 1.29 is 9.13 Å². The second kappa shape index (κ2) is 6.21. The lowest BCUT2D eigenvalue weighted by Crippen LogP contribution is -2.43. The molecule has 1 atom stereocenters. The maximum atomic E-state index is 14.2. The van der Waals surface area contributed by atoms with Crippen LogP contribution in [0, 0.1) is 5.82 Å². The molecule has 0 bridgehead atoms. The van der Waals surface area contributed by atoms with Gasteiger partial charge in [0.2, 0.25) is 0 Å². The molecule has 2 nitrogen and oxygen atoms in total. The third kappa shape index (κ3) is 2.93. The van der Waals surface area contributed by atoms with Gasteiger partial charge < -0.3 is 10.1 Å². The Morgan fingerprint density at radius 2 is 2.11 bits per heavy atom. The van der Waals surface area contributed by atoms with Gasteiger partial charge in [0.15, 0.2) is 0 Å². The number of ether oxygens (including phenoxy) is 1. The highest BCUT2D eigenvalue weighted by molar-refractivity contribution is 6.30. The standard InChI is InChI=1S/C15H21ClFNO/c1-3-19-15(8-4-5-9-15)14(18-2)12-7-6-11(16)10-13(12)17/h6-7,10,14,18H,3-5,8-9H2,1-2H3. The topological polar surface area (TPSA) is 21.3 Å². The van der Waals surface area contributed by atoms with Crippen molar-refractivity contribution in [1.82, 2.24) is 5.32 Å². The largest absolute Gasteiger partial charge is 0.373 e. The molecule has 1 unspecified atom stereocenters. The number of hydrogen-bond donors (Lipinski definition) is 1.